The summed E-state index contributed by atoms with van der Waals surface area (Å²) in [6, 6.07) is 8.32. The maximum absolute atomic E-state index is 10.3. The summed E-state index contributed by atoms with van der Waals surface area (Å²) in [6.07, 6.45) is 3.43. The Bertz CT molecular complexity index is 304. The summed E-state index contributed by atoms with van der Waals surface area (Å²) in [4.78, 5) is 0. The molecule has 0 radical (unpaired) electrons. The summed E-state index contributed by atoms with van der Waals surface area (Å²) in [5.74, 6) is 0. The van der Waals surface area contributed by atoms with Crippen LogP contribution in [0.5, 0.6) is 0 Å². The molecule has 1 aliphatic heterocycles. The molecule has 0 saturated carbocycles. The van der Waals surface area contributed by atoms with E-state index in [1.165, 1.54) is 15.6 Å². The van der Waals surface area contributed by atoms with Crippen LogP contribution in [0.15, 0.2) is 24.3 Å². The molecule has 2 nitrogen and oxygen atoms in total. The zero-order chi connectivity index (χ0) is 10.7. The van der Waals surface area contributed by atoms with Gasteiger partial charge in [-0.1, -0.05) is 0 Å². The maximum atomic E-state index is 10.3. The van der Waals surface area contributed by atoms with E-state index in [0.717, 1.165) is 19.4 Å². The molecule has 0 aliphatic carbocycles. The SMILES string of the molecule is Cc1cc[c]([SnH]([OH])[CH]2CCCCO2)cc1. The van der Waals surface area contributed by atoms with E-state index in [9.17, 15) is 3.44 Å². The Kier molecular flexibility index (Phi) is 4.05. The molecule has 82 valence electrons. The Morgan fingerprint density at radius 3 is 2.60 bits per heavy atom. The monoisotopic (exact) mass is 314 g/mol. The molecule has 1 saturated heterocycles. The van der Waals surface area contributed by atoms with Crippen LogP contribution in [0.4, 0.5) is 0 Å². The van der Waals surface area contributed by atoms with Crippen LogP contribution in [0.3, 0.4) is 0 Å². The molecule has 0 amide bonds. The molecule has 0 spiro atoms. The molecule has 3 heteroatoms. The Labute approximate surface area is 98.6 Å². The van der Waals surface area contributed by atoms with Crippen LogP contribution in [-0.4, -0.2) is 34.3 Å². The van der Waals surface area contributed by atoms with Crippen LogP contribution >= 0.6 is 0 Å². The summed E-state index contributed by atoms with van der Waals surface area (Å²) in [5.41, 5.74) is 1.25. The standard InChI is InChI=1S/C7H7.C5H9O.H2O.Sn.H/c1-7-5-3-2-4-6-7;1-2-4-6-5-3-1;;;/h3-6H,1H3;4H,1-3,5H2;1H2;;/q;;;+1;/p-1. The minimum atomic E-state index is -2.61. The van der Waals surface area contributed by atoms with Crippen LogP contribution < -0.4 is 3.58 Å². The van der Waals surface area contributed by atoms with E-state index in [0.29, 0.717) is 0 Å². The predicted molar refractivity (Wildman–Crippen MR) is 63.8 cm³/mol. The van der Waals surface area contributed by atoms with Gasteiger partial charge in [-0.15, -0.1) is 0 Å². The third kappa shape index (κ3) is 2.95. The molecule has 1 aromatic rings. The summed E-state index contributed by atoms with van der Waals surface area (Å²) in [6.45, 7) is 2.91. The van der Waals surface area contributed by atoms with Gasteiger partial charge in [-0.3, -0.25) is 0 Å². The van der Waals surface area contributed by atoms with Gasteiger partial charge < -0.3 is 0 Å². The van der Waals surface area contributed by atoms with E-state index in [-0.39, 0.29) is 4.12 Å². The normalized spacial score (nSPS) is 23.7. The van der Waals surface area contributed by atoms with E-state index in [1.807, 2.05) is 0 Å². The van der Waals surface area contributed by atoms with Gasteiger partial charge in [0.25, 0.3) is 0 Å². The number of aryl methyl sites for hydroxylation is 1. The molecule has 0 aromatic heterocycles. The van der Waals surface area contributed by atoms with Gasteiger partial charge in [-0.05, 0) is 0 Å². The Hall–Kier alpha value is -0.0613. The number of benzene rings is 1. The Morgan fingerprint density at radius 1 is 1.27 bits per heavy atom. The van der Waals surface area contributed by atoms with Crippen molar-refractivity contribution in [1.29, 1.82) is 0 Å². The van der Waals surface area contributed by atoms with E-state index in [2.05, 4.69) is 31.2 Å². The van der Waals surface area contributed by atoms with E-state index in [4.69, 9.17) is 4.74 Å². The second-order valence-electron chi connectivity index (χ2n) is 4.26. The summed E-state index contributed by atoms with van der Waals surface area (Å²) in [5, 5.41) is 0. The molecule has 0 bridgehead atoms. The summed E-state index contributed by atoms with van der Waals surface area (Å²) in [7, 11) is 0. The van der Waals surface area contributed by atoms with Crippen molar-refractivity contribution in [2.24, 2.45) is 0 Å². The third-order valence-corrected chi connectivity index (χ3v) is 9.54. The third-order valence-electron chi connectivity index (χ3n) is 2.99. The van der Waals surface area contributed by atoms with Crippen LogP contribution in [0.25, 0.3) is 0 Å². The molecule has 15 heavy (non-hydrogen) atoms. The molecule has 1 fully saturated rings. The van der Waals surface area contributed by atoms with Gasteiger partial charge in [0.2, 0.25) is 0 Å². The van der Waals surface area contributed by atoms with E-state index >= 15 is 0 Å². The molecule has 2 atom stereocenters. The van der Waals surface area contributed by atoms with Gasteiger partial charge in [-0.2, -0.15) is 0 Å². The van der Waals surface area contributed by atoms with Crippen LogP contribution in [0, 0.1) is 6.92 Å². The van der Waals surface area contributed by atoms with Crippen molar-refractivity contribution in [2.45, 2.75) is 30.3 Å². The molecule has 2 unspecified atom stereocenters. The predicted octanol–water partition coefficient (Wildman–Crippen LogP) is 1.03. The molecule has 2 rings (SSSR count). The first-order chi connectivity index (χ1) is 7.27. The quantitative estimate of drug-likeness (QED) is 0.827. The number of ether oxygens (including phenoxy) is 1. The number of rotatable bonds is 2. The average Bonchev–Trinajstić information content (AvgIpc) is 2.30. The fourth-order valence-electron chi connectivity index (χ4n) is 1.99. The van der Waals surface area contributed by atoms with Crippen molar-refractivity contribution >= 4 is 23.8 Å². The summed E-state index contributed by atoms with van der Waals surface area (Å²) >= 11 is -2.61. The minimum absolute atomic E-state index is 0.197. The van der Waals surface area contributed by atoms with Crippen molar-refractivity contribution < 1.29 is 8.18 Å². The van der Waals surface area contributed by atoms with Crippen LogP contribution in [0.2, 0.25) is 0 Å². The number of hydrogen-bond donors (Lipinski definition) is 1. The zero-order valence-electron chi connectivity index (χ0n) is 9.15. The van der Waals surface area contributed by atoms with Crippen molar-refractivity contribution in [1.82, 2.24) is 0 Å². The first kappa shape index (κ1) is 11.4. The second kappa shape index (κ2) is 5.32. The van der Waals surface area contributed by atoms with Gasteiger partial charge in [-0.25, -0.2) is 0 Å². The van der Waals surface area contributed by atoms with Gasteiger partial charge in [0.1, 0.15) is 0 Å². The molecule has 1 aliphatic rings. The van der Waals surface area contributed by atoms with E-state index < -0.39 is 20.2 Å². The average molecular weight is 313 g/mol. The second-order valence-corrected chi connectivity index (χ2v) is 10.8. The zero-order valence-corrected chi connectivity index (χ0v) is 12.4. The van der Waals surface area contributed by atoms with E-state index in [1.54, 1.807) is 0 Å². The van der Waals surface area contributed by atoms with Crippen LogP contribution in [-0.2, 0) is 4.74 Å². The molecule has 1 heterocycles. The van der Waals surface area contributed by atoms with Crippen molar-refractivity contribution in [3.63, 3.8) is 0 Å². The van der Waals surface area contributed by atoms with Gasteiger partial charge in [0, 0.05) is 0 Å². The van der Waals surface area contributed by atoms with Gasteiger partial charge in [0.15, 0.2) is 0 Å². The molecule has 1 N–H and O–H groups in total. The van der Waals surface area contributed by atoms with Crippen molar-refractivity contribution in [3.8, 4) is 0 Å². The molecular formula is C12H18O2Sn. The van der Waals surface area contributed by atoms with Gasteiger partial charge in [0.05, 0.1) is 0 Å². The first-order valence-electron chi connectivity index (χ1n) is 5.63. The fraction of sp³-hybridized carbons (Fsp3) is 0.500. The van der Waals surface area contributed by atoms with Crippen LogP contribution in [0.1, 0.15) is 24.8 Å². The molecular weight excluding hydrogens is 295 g/mol. The fourth-order valence-corrected chi connectivity index (χ4v) is 7.38. The van der Waals surface area contributed by atoms with Crippen molar-refractivity contribution in [3.05, 3.63) is 29.8 Å². The Morgan fingerprint density at radius 2 is 2.00 bits per heavy atom. The van der Waals surface area contributed by atoms with Gasteiger partial charge >= 0.3 is 98.7 Å². The topological polar surface area (TPSA) is 29.5 Å². The number of hydrogen-bond acceptors (Lipinski definition) is 2. The summed E-state index contributed by atoms with van der Waals surface area (Å²) < 4.78 is 17.4. The Balaban J connectivity index is 2.05. The van der Waals surface area contributed by atoms with Crippen molar-refractivity contribution in [2.75, 3.05) is 6.61 Å². The first-order valence-corrected chi connectivity index (χ1v) is 10.7. The molecule has 1 aromatic carbocycles.